The number of anilines is 1. The highest BCUT2D eigenvalue weighted by atomic mass is 35.5. The molecule has 6 heteroatoms. The predicted octanol–water partition coefficient (Wildman–Crippen LogP) is 3.63. The van der Waals surface area contributed by atoms with E-state index < -0.39 is 0 Å². The van der Waals surface area contributed by atoms with Crippen molar-refractivity contribution in [3.63, 3.8) is 0 Å². The lowest BCUT2D eigenvalue weighted by Gasteiger charge is -2.35. The molecule has 3 aromatic rings. The van der Waals surface area contributed by atoms with Crippen molar-refractivity contribution < 1.29 is 0 Å². The number of halogens is 1. The van der Waals surface area contributed by atoms with E-state index in [2.05, 4.69) is 67.5 Å². The summed E-state index contributed by atoms with van der Waals surface area (Å²) in [5.74, 6) is 0.831. The van der Waals surface area contributed by atoms with E-state index in [0.29, 0.717) is 0 Å². The molecule has 1 saturated heterocycles. The second kappa shape index (κ2) is 9.83. The Kier molecular flexibility index (Phi) is 6.72. The van der Waals surface area contributed by atoms with Crippen LogP contribution in [-0.4, -0.2) is 54.1 Å². The molecule has 1 N–H and O–H groups in total. The Morgan fingerprint density at radius 2 is 1.48 bits per heavy atom. The molecule has 1 unspecified atom stereocenters. The van der Waals surface area contributed by atoms with E-state index in [1.165, 1.54) is 11.1 Å². The Morgan fingerprint density at radius 1 is 0.828 bits per heavy atom. The van der Waals surface area contributed by atoms with Crippen molar-refractivity contribution in [1.29, 1.82) is 0 Å². The van der Waals surface area contributed by atoms with Crippen LogP contribution in [0.4, 0.5) is 5.95 Å². The highest BCUT2D eigenvalue weighted by molar-refractivity contribution is 6.30. The Hall–Kier alpha value is -2.47. The van der Waals surface area contributed by atoms with Gasteiger partial charge >= 0.3 is 0 Å². The molecule has 1 aliphatic rings. The zero-order chi connectivity index (χ0) is 19.9. The van der Waals surface area contributed by atoms with Gasteiger partial charge in [-0.05, 0) is 29.3 Å². The van der Waals surface area contributed by atoms with Gasteiger partial charge in [0.1, 0.15) is 0 Å². The maximum Gasteiger partial charge on any atom is 0.225 e. The van der Waals surface area contributed by atoms with Gasteiger partial charge in [-0.25, -0.2) is 9.97 Å². The first-order chi connectivity index (χ1) is 14.3. The molecule has 4 rings (SSSR count). The molecule has 0 aliphatic carbocycles. The van der Waals surface area contributed by atoms with E-state index in [1.807, 2.05) is 18.2 Å². The van der Waals surface area contributed by atoms with Crippen molar-refractivity contribution in [2.45, 2.75) is 6.04 Å². The second-order valence-corrected chi connectivity index (χ2v) is 7.66. The van der Waals surface area contributed by atoms with Gasteiger partial charge in [0.25, 0.3) is 0 Å². The fourth-order valence-electron chi connectivity index (χ4n) is 3.72. The van der Waals surface area contributed by atoms with E-state index in [4.69, 9.17) is 11.6 Å². The van der Waals surface area contributed by atoms with Crippen LogP contribution in [0, 0.1) is 0 Å². The average Bonchev–Trinajstić information content (AvgIpc) is 2.79. The van der Waals surface area contributed by atoms with E-state index in [1.54, 1.807) is 12.4 Å². The number of benzene rings is 2. The molecule has 0 spiro atoms. The van der Waals surface area contributed by atoms with E-state index in [-0.39, 0.29) is 6.04 Å². The molecule has 0 radical (unpaired) electrons. The minimum absolute atomic E-state index is 0.160. The summed E-state index contributed by atoms with van der Waals surface area (Å²) < 4.78 is 0. The lowest BCUT2D eigenvalue weighted by molar-refractivity contribution is 0.254. The average molecular weight is 408 g/mol. The van der Waals surface area contributed by atoms with Gasteiger partial charge in [-0.3, -0.25) is 4.90 Å². The zero-order valence-corrected chi connectivity index (χ0v) is 17.2. The van der Waals surface area contributed by atoms with Gasteiger partial charge in [-0.1, -0.05) is 54.1 Å². The number of nitrogens with zero attached hydrogens (tertiary/aromatic N) is 4. The molecule has 0 amide bonds. The molecule has 2 aromatic carbocycles. The molecule has 0 saturated carbocycles. The van der Waals surface area contributed by atoms with Crippen LogP contribution >= 0.6 is 11.6 Å². The number of nitrogens with one attached hydrogen (secondary N) is 1. The highest BCUT2D eigenvalue weighted by Crippen LogP contribution is 2.23. The van der Waals surface area contributed by atoms with Crippen LogP contribution in [0.15, 0.2) is 73.1 Å². The van der Waals surface area contributed by atoms with Crippen LogP contribution < -0.4 is 10.2 Å². The number of hydrogen-bond donors (Lipinski definition) is 1. The SMILES string of the molecule is Clc1ccc(C(NCCN2CCN(c3ncccn3)CC2)c2ccccc2)cc1. The summed E-state index contributed by atoms with van der Waals surface area (Å²) >= 11 is 6.08. The molecule has 0 bridgehead atoms. The third-order valence-electron chi connectivity index (χ3n) is 5.32. The van der Waals surface area contributed by atoms with E-state index in [0.717, 1.165) is 50.2 Å². The van der Waals surface area contributed by atoms with E-state index in [9.17, 15) is 0 Å². The fraction of sp³-hybridized carbons (Fsp3) is 0.304. The van der Waals surface area contributed by atoms with Crippen LogP contribution in [0.3, 0.4) is 0 Å². The van der Waals surface area contributed by atoms with Crippen molar-refractivity contribution in [3.8, 4) is 0 Å². The summed E-state index contributed by atoms with van der Waals surface area (Å²) in [5.41, 5.74) is 2.49. The minimum Gasteiger partial charge on any atom is -0.338 e. The van der Waals surface area contributed by atoms with Gasteiger partial charge in [0.2, 0.25) is 5.95 Å². The lowest BCUT2D eigenvalue weighted by Crippen LogP contribution is -2.48. The molecule has 5 nitrogen and oxygen atoms in total. The number of piperazine rings is 1. The monoisotopic (exact) mass is 407 g/mol. The Labute approximate surface area is 177 Å². The number of aromatic nitrogens is 2. The molecule has 1 aromatic heterocycles. The third-order valence-corrected chi connectivity index (χ3v) is 5.57. The van der Waals surface area contributed by atoms with Crippen LogP contribution in [0.1, 0.15) is 17.2 Å². The third kappa shape index (κ3) is 5.32. The maximum atomic E-state index is 6.08. The Balaban J connectivity index is 1.32. The normalized spacial score (nSPS) is 16.0. The van der Waals surface area contributed by atoms with Gasteiger partial charge in [0, 0.05) is 56.7 Å². The highest BCUT2D eigenvalue weighted by Gasteiger charge is 2.19. The molecule has 1 atom stereocenters. The molecule has 1 fully saturated rings. The maximum absolute atomic E-state index is 6.08. The molecule has 2 heterocycles. The second-order valence-electron chi connectivity index (χ2n) is 7.23. The topological polar surface area (TPSA) is 44.3 Å². The summed E-state index contributed by atoms with van der Waals surface area (Å²) in [4.78, 5) is 13.5. The molecule has 29 heavy (non-hydrogen) atoms. The summed E-state index contributed by atoms with van der Waals surface area (Å²) in [6.07, 6.45) is 3.61. The minimum atomic E-state index is 0.160. The number of hydrogen-bond acceptors (Lipinski definition) is 5. The summed E-state index contributed by atoms with van der Waals surface area (Å²) in [7, 11) is 0. The van der Waals surface area contributed by atoms with Crippen molar-refractivity contribution in [1.82, 2.24) is 20.2 Å². The summed E-state index contributed by atoms with van der Waals surface area (Å²) in [6, 6.07) is 20.7. The van der Waals surface area contributed by atoms with Gasteiger partial charge in [0.15, 0.2) is 0 Å². The Bertz CT molecular complexity index is 865. The van der Waals surface area contributed by atoms with Gasteiger partial charge in [-0.15, -0.1) is 0 Å². The summed E-state index contributed by atoms with van der Waals surface area (Å²) in [5, 5.41) is 4.50. The molecule has 150 valence electrons. The standard InChI is InChI=1S/C23H26ClN5/c24-21-9-7-20(8-10-21)22(19-5-2-1-3-6-19)25-13-14-28-15-17-29(18-16-28)23-26-11-4-12-27-23/h1-12,22,25H,13-18H2. The quantitative estimate of drug-likeness (QED) is 0.647. The van der Waals surface area contributed by atoms with Gasteiger partial charge < -0.3 is 10.2 Å². The molecular formula is C23H26ClN5. The Morgan fingerprint density at radius 3 is 2.17 bits per heavy atom. The first kappa shape index (κ1) is 19.8. The molecular weight excluding hydrogens is 382 g/mol. The van der Waals surface area contributed by atoms with Crippen LogP contribution in [0.5, 0.6) is 0 Å². The molecule has 1 aliphatic heterocycles. The van der Waals surface area contributed by atoms with Gasteiger partial charge in [0.05, 0.1) is 6.04 Å². The predicted molar refractivity (Wildman–Crippen MR) is 118 cm³/mol. The van der Waals surface area contributed by atoms with Crippen LogP contribution in [-0.2, 0) is 0 Å². The number of rotatable bonds is 7. The van der Waals surface area contributed by atoms with Crippen molar-refractivity contribution in [2.24, 2.45) is 0 Å². The zero-order valence-electron chi connectivity index (χ0n) is 16.4. The van der Waals surface area contributed by atoms with E-state index >= 15 is 0 Å². The fourth-order valence-corrected chi connectivity index (χ4v) is 3.85. The summed E-state index contributed by atoms with van der Waals surface area (Å²) in [6.45, 7) is 5.91. The first-order valence-electron chi connectivity index (χ1n) is 10.1. The first-order valence-corrected chi connectivity index (χ1v) is 10.5. The lowest BCUT2D eigenvalue weighted by atomic mass is 9.99. The van der Waals surface area contributed by atoms with Crippen LogP contribution in [0.2, 0.25) is 5.02 Å². The van der Waals surface area contributed by atoms with Crippen molar-refractivity contribution >= 4 is 17.5 Å². The van der Waals surface area contributed by atoms with Crippen molar-refractivity contribution in [3.05, 3.63) is 89.2 Å². The van der Waals surface area contributed by atoms with Crippen molar-refractivity contribution in [2.75, 3.05) is 44.2 Å². The van der Waals surface area contributed by atoms with Crippen LogP contribution in [0.25, 0.3) is 0 Å². The smallest absolute Gasteiger partial charge is 0.225 e. The largest absolute Gasteiger partial charge is 0.338 e. The van der Waals surface area contributed by atoms with Gasteiger partial charge in [-0.2, -0.15) is 0 Å².